The largest absolute Gasteiger partial charge is 0.392 e. The first kappa shape index (κ1) is 10.5. The van der Waals surface area contributed by atoms with Gasteiger partial charge in [-0.2, -0.15) is 0 Å². The van der Waals surface area contributed by atoms with Crippen LogP contribution in [0.4, 0.5) is 0 Å². The van der Waals surface area contributed by atoms with Crippen LogP contribution in [0.3, 0.4) is 0 Å². The molecule has 4 nitrogen and oxygen atoms in total. The lowest BCUT2D eigenvalue weighted by Gasteiger charge is -2.32. The van der Waals surface area contributed by atoms with E-state index in [2.05, 4.69) is 0 Å². The molecule has 0 spiro atoms. The number of hydrogen-bond donors (Lipinski definition) is 1. The third-order valence-corrected chi connectivity index (χ3v) is 3.20. The zero-order valence-electron chi connectivity index (χ0n) is 8.44. The summed E-state index contributed by atoms with van der Waals surface area (Å²) >= 11 is 4.95. The van der Waals surface area contributed by atoms with Crippen molar-refractivity contribution in [2.45, 2.75) is 38.1 Å². The maximum atomic E-state index is 11.7. The first-order valence-corrected chi connectivity index (χ1v) is 5.66. The lowest BCUT2D eigenvalue weighted by atomic mass is 10.0. The molecule has 2 fully saturated rings. The quantitative estimate of drug-likeness (QED) is 0.565. The minimum absolute atomic E-state index is 0.115. The van der Waals surface area contributed by atoms with Crippen molar-refractivity contribution in [2.75, 3.05) is 0 Å². The van der Waals surface area contributed by atoms with Crippen LogP contribution >= 0.6 is 12.2 Å². The Morgan fingerprint density at radius 1 is 1.33 bits per heavy atom. The fourth-order valence-corrected chi connectivity index (χ4v) is 2.36. The number of amides is 2. The zero-order valence-corrected chi connectivity index (χ0v) is 9.26. The van der Waals surface area contributed by atoms with Crippen molar-refractivity contribution >= 4 is 29.0 Å². The summed E-state index contributed by atoms with van der Waals surface area (Å²) in [6.45, 7) is 0. The first-order chi connectivity index (χ1) is 7.11. The second-order valence-corrected chi connectivity index (χ2v) is 4.67. The van der Waals surface area contributed by atoms with Gasteiger partial charge in [0.25, 0.3) is 0 Å². The molecule has 0 aromatic rings. The van der Waals surface area contributed by atoms with E-state index in [1.807, 2.05) is 0 Å². The number of hydrogen-bond acceptors (Lipinski definition) is 3. The van der Waals surface area contributed by atoms with Crippen LogP contribution < -0.4 is 5.73 Å². The fourth-order valence-electron chi connectivity index (χ4n) is 2.06. The molecule has 15 heavy (non-hydrogen) atoms. The summed E-state index contributed by atoms with van der Waals surface area (Å²) in [7, 11) is 0. The van der Waals surface area contributed by atoms with Gasteiger partial charge in [0.2, 0.25) is 11.8 Å². The summed E-state index contributed by atoms with van der Waals surface area (Å²) < 4.78 is 0. The Labute approximate surface area is 93.8 Å². The van der Waals surface area contributed by atoms with Crippen LogP contribution in [0.25, 0.3) is 0 Å². The lowest BCUT2D eigenvalue weighted by molar-refractivity contribution is -0.149. The number of likely N-dealkylation sites (tertiary alicyclic amines) is 1. The van der Waals surface area contributed by atoms with Gasteiger partial charge in [-0.05, 0) is 25.2 Å². The van der Waals surface area contributed by atoms with E-state index in [1.165, 1.54) is 4.90 Å². The molecular weight excluding hydrogens is 212 g/mol. The van der Waals surface area contributed by atoms with Crippen LogP contribution in [-0.2, 0) is 9.59 Å². The molecule has 1 aliphatic heterocycles. The molecule has 1 unspecified atom stereocenters. The second kappa shape index (κ2) is 3.89. The van der Waals surface area contributed by atoms with Crippen LogP contribution in [0.5, 0.6) is 0 Å². The number of carbonyl (C=O) groups excluding carboxylic acids is 2. The molecule has 2 amide bonds. The molecule has 0 radical (unpaired) electrons. The molecule has 1 aliphatic carbocycles. The van der Waals surface area contributed by atoms with Crippen LogP contribution in [0.2, 0.25) is 0 Å². The van der Waals surface area contributed by atoms with Gasteiger partial charge in [0.1, 0.15) is 0 Å². The van der Waals surface area contributed by atoms with E-state index >= 15 is 0 Å². The van der Waals surface area contributed by atoms with Crippen molar-refractivity contribution in [3.05, 3.63) is 0 Å². The molecule has 0 aromatic heterocycles. The molecule has 1 saturated heterocycles. The molecule has 2 N–H and O–H groups in total. The molecular formula is C10H14N2O2S. The van der Waals surface area contributed by atoms with Gasteiger partial charge >= 0.3 is 0 Å². The molecule has 5 heteroatoms. The van der Waals surface area contributed by atoms with Crippen LogP contribution in [0, 0.1) is 5.92 Å². The molecule has 1 atom stereocenters. The summed E-state index contributed by atoms with van der Waals surface area (Å²) in [5.74, 6) is 0.0837. The Bertz CT molecular complexity index is 309. The van der Waals surface area contributed by atoms with Gasteiger partial charge in [-0.3, -0.25) is 14.5 Å². The molecule has 1 saturated carbocycles. The Morgan fingerprint density at radius 2 is 1.87 bits per heavy atom. The normalized spacial score (nSPS) is 24.1. The average Bonchev–Trinajstić information content (AvgIpc) is 2.94. The predicted molar refractivity (Wildman–Crippen MR) is 59.0 cm³/mol. The van der Waals surface area contributed by atoms with Crippen molar-refractivity contribution in [3.8, 4) is 0 Å². The minimum atomic E-state index is -0.319. The summed E-state index contributed by atoms with van der Waals surface area (Å²) in [5, 5.41) is 0. The number of imide groups is 1. The third-order valence-electron chi connectivity index (χ3n) is 2.96. The van der Waals surface area contributed by atoms with Crippen molar-refractivity contribution in [1.82, 2.24) is 4.90 Å². The van der Waals surface area contributed by atoms with Gasteiger partial charge in [0, 0.05) is 12.8 Å². The molecule has 0 aromatic carbocycles. The third kappa shape index (κ3) is 2.02. The molecule has 1 heterocycles. The van der Waals surface area contributed by atoms with E-state index in [0.29, 0.717) is 25.2 Å². The highest BCUT2D eigenvalue weighted by atomic mass is 32.1. The average molecular weight is 226 g/mol. The number of thiocarbonyl (C=S) groups is 1. The Morgan fingerprint density at radius 3 is 2.27 bits per heavy atom. The number of rotatable bonds is 3. The first-order valence-electron chi connectivity index (χ1n) is 5.25. The van der Waals surface area contributed by atoms with Gasteiger partial charge in [0.15, 0.2) is 0 Å². The van der Waals surface area contributed by atoms with Crippen molar-refractivity contribution in [3.63, 3.8) is 0 Å². The lowest BCUT2D eigenvalue weighted by Crippen LogP contribution is -2.53. The standard InChI is InChI=1S/C10H14N2O2S/c11-10(15)9(6-4-5-6)12-7(13)2-1-3-8(12)14/h6,9H,1-5H2,(H2,11,15). The molecule has 2 aliphatic rings. The summed E-state index contributed by atoms with van der Waals surface area (Å²) in [6.07, 6.45) is 3.57. The minimum Gasteiger partial charge on any atom is -0.392 e. The van der Waals surface area contributed by atoms with Crippen LogP contribution in [-0.4, -0.2) is 27.7 Å². The van der Waals surface area contributed by atoms with Crippen molar-refractivity contribution in [2.24, 2.45) is 11.7 Å². The number of nitrogens with two attached hydrogens (primary N) is 1. The molecule has 2 rings (SSSR count). The van der Waals surface area contributed by atoms with E-state index in [9.17, 15) is 9.59 Å². The number of piperidine rings is 1. The van der Waals surface area contributed by atoms with E-state index in [0.717, 1.165) is 12.8 Å². The van der Waals surface area contributed by atoms with Gasteiger partial charge in [-0.1, -0.05) is 12.2 Å². The highest BCUT2D eigenvalue weighted by Gasteiger charge is 2.42. The smallest absolute Gasteiger partial charge is 0.229 e. The summed E-state index contributed by atoms with van der Waals surface area (Å²) in [5.41, 5.74) is 5.62. The SMILES string of the molecule is NC(=S)C(C1CC1)N1C(=O)CCCC1=O. The van der Waals surface area contributed by atoms with E-state index in [-0.39, 0.29) is 22.8 Å². The summed E-state index contributed by atoms with van der Waals surface area (Å²) in [4.78, 5) is 24.9. The second-order valence-electron chi connectivity index (χ2n) is 4.20. The van der Waals surface area contributed by atoms with Gasteiger partial charge in [0.05, 0.1) is 11.0 Å². The highest BCUT2D eigenvalue weighted by molar-refractivity contribution is 7.80. The Kier molecular flexibility index (Phi) is 2.73. The predicted octanol–water partition coefficient (Wildman–Crippen LogP) is 0.590. The highest BCUT2D eigenvalue weighted by Crippen LogP contribution is 2.37. The topological polar surface area (TPSA) is 63.4 Å². The summed E-state index contributed by atoms with van der Waals surface area (Å²) in [6, 6.07) is -0.319. The number of carbonyl (C=O) groups is 2. The van der Waals surface area contributed by atoms with Gasteiger partial charge in [-0.25, -0.2) is 0 Å². The monoisotopic (exact) mass is 226 g/mol. The zero-order chi connectivity index (χ0) is 11.0. The Balaban J connectivity index is 2.20. The number of nitrogens with zero attached hydrogens (tertiary/aromatic N) is 1. The van der Waals surface area contributed by atoms with Gasteiger partial charge < -0.3 is 5.73 Å². The Hall–Kier alpha value is -0.970. The van der Waals surface area contributed by atoms with Crippen LogP contribution in [0.15, 0.2) is 0 Å². The maximum Gasteiger partial charge on any atom is 0.229 e. The molecule has 0 bridgehead atoms. The van der Waals surface area contributed by atoms with E-state index < -0.39 is 0 Å². The molecule has 82 valence electrons. The fraction of sp³-hybridized carbons (Fsp3) is 0.700. The van der Waals surface area contributed by atoms with Crippen molar-refractivity contribution in [1.29, 1.82) is 0 Å². The van der Waals surface area contributed by atoms with E-state index in [1.54, 1.807) is 0 Å². The van der Waals surface area contributed by atoms with Gasteiger partial charge in [-0.15, -0.1) is 0 Å². The van der Waals surface area contributed by atoms with E-state index in [4.69, 9.17) is 18.0 Å². The van der Waals surface area contributed by atoms with Crippen molar-refractivity contribution < 1.29 is 9.59 Å². The maximum absolute atomic E-state index is 11.7. The van der Waals surface area contributed by atoms with Crippen LogP contribution in [0.1, 0.15) is 32.1 Å².